The molecule has 0 bridgehead atoms. The fourth-order valence-electron chi connectivity index (χ4n) is 3.70. The maximum atomic E-state index is 10.9. The molecule has 144 valence electrons. The number of rotatable bonds is 3. The van der Waals surface area contributed by atoms with E-state index in [1.807, 2.05) is 4.68 Å². The van der Waals surface area contributed by atoms with Crippen LogP contribution in [0.1, 0.15) is 22.3 Å². The van der Waals surface area contributed by atoms with Crippen LogP contribution in [0, 0.1) is 5.92 Å². The number of primary amides is 1. The van der Waals surface area contributed by atoms with Gasteiger partial charge in [-0.2, -0.15) is 5.10 Å². The van der Waals surface area contributed by atoms with Crippen LogP contribution in [0.25, 0.3) is 0 Å². The van der Waals surface area contributed by atoms with Crippen LogP contribution in [0.5, 0.6) is 5.88 Å². The number of nitrogens with two attached hydrogens (primary N) is 3. The van der Waals surface area contributed by atoms with Crippen LogP contribution < -0.4 is 26.7 Å². The molecule has 2 aliphatic carbocycles. The number of anilines is 1. The van der Waals surface area contributed by atoms with Crippen LogP contribution in [-0.2, 0) is 32.2 Å². The van der Waals surface area contributed by atoms with Crippen molar-refractivity contribution in [3.05, 3.63) is 34.5 Å². The second-order valence-corrected chi connectivity index (χ2v) is 7.72. The van der Waals surface area contributed by atoms with Gasteiger partial charge in [-0.1, -0.05) is 6.07 Å². The van der Waals surface area contributed by atoms with Gasteiger partial charge in [-0.05, 0) is 59.9 Å². The van der Waals surface area contributed by atoms with Gasteiger partial charge in [-0.3, -0.25) is 5.14 Å². The van der Waals surface area contributed by atoms with E-state index < -0.39 is 6.03 Å². The minimum atomic E-state index is -0.445. The number of fused-ring (bicyclic) bond motifs is 3. The Bertz CT molecular complexity index is 851. The lowest BCUT2D eigenvalue weighted by molar-refractivity contribution is 0.164. The lowest BCUT2D eigenvalue weighted by atomic mass is 9.76. The summed E-state index contributed by atoms with van der Waals surface area (Å²) in [7, 11) is 0. The predicted molar refractivity (Wildman–Crippen MR) is 105 cm³/mol. The predicted octanol–water partition coefficient (Wildman–Crippen LogP) is 1.19. The van der Waals surface area contributed by atoms with E-state index in [4.69, 9.17) is 21.3 Å². The van der Waals surface area contributed by atoms with Crippen molar-refractivity contribution >= 4 is 23.7 Å². The molecule has 2 amide bonds. The van der Waals surface area contributed by atoms with Gasteiger partial charge in [-0.25, -0.2) is 9.48 Å². The molecule has 9 heteroatoms. The summed E-state index contributed by atoms with van der Waals surface area (Å²) >= 11 is 1.16. The Labute approximate surface area is 161 Å². The Balaban J connectivity index is 0.000000134. The highest BCUT2D eigenvalue weighted by Crippen LogP contribution is 2.40. The van der Waals surface area contributed by atoms with E-state index in [-0.39, 0.29) is 0 Å². The highest BCUT2D eigenvalue weighted by molar-refractivity contribution is 7.97. The van der Waals surface area contributed by atoms with Crippen LogP contribution >= 0.6 is 11.9 Å². The van der Waals surface area contributed by atoms with Gasteiger partial charge < -0.3 is 21.5 Å². The third kappa shape index (κ3) is 3.38. The summed E-state index contributed by atoms with van der Waals surface area (Å²) in [4.78, 5) is 11.7. The number of aromatic nitrogens is 2. The minimum absolute atomic E-state index is 0.364. The van der Waals surface area contributed by atoms with Crippen molar-refractivity contribution in [2.24, 2.45) is 22.5 Å². The minimum Gasteiger partial charge on any atom is -0.477 e. The molecule has 0 saturated carbocycles. The number of aryl methyl sites for hydroxylation is 2. The first-order chi connectivity index (χ1) is 13.1. The number of urea groups is 1. The summed E-state index contributed by atoms with van der Waals surface area (Å²) in [5.41, 5.74) is 17.1. The molecule has 0 fully saturated rings. The Morgan fingerprint density at radius 2 is 2.00 bits per heavy atom. The Morgan fingerprint density at radius 3 is 2.52 bits per heavy atom. The van der Waals surface area contributed by atoms with Gasteiger partial charge in [0.15, 0.2) is 0 Å². The Kier molecular flexibility index (Phi) is 4.98. The summed E-state index contributed by atoms with van der Waals surface area (Å²) < 4.78 is 7.32. The molecule has 1 unspecified atom stereocenters. The molecular formula is C18H24N6O2S. The van der Waals surface area contributed by atoms with Gasteiger partial charge in [0.05, 0.1) is 19.3 Å². The fourth-order valence-corrected chi connectivity index (χ4v) is 4.07. The van der Waals surface area contributed by atoms with Crippen molar-refractivity contribution in [3.63, 3.8) is 0 Å². The first-order valence-electron chi connectivity index (χ1n) is 9.09. The molecule has 0 saturated heterocycles. The first-order valence-corrected chi connectivity index (χ1v) is 9.97. The van der Waals surface area contributed by atoms with E-state index in [0.717, 1.165) is 60.6 Å². The molecule has 1 atom stereocenters. The molecule has 2 aromatic rings. The monoisotopic (exact) mass is 388 g/mol. The van der Waals surface area contributed by atoms with Gasteiger partial charge in [0, 0.05) is 18.2 Å². The number of benzene rings is 1. The van der Waals surface area contributed by atoms with Crippen LogP contribution in [-0.4, -0.2) is 29.0 Å². The molecule has 3 aliphatic rings. The maximum absolute atomic E-state index is 10.9. The molecule has 5 rings (SSSR count). The van der Waals surface area contributed by atoms with Crippen molar-refractivity contribution in [1.29, 1.82) is 0 Å². The molecule has 1 aliphatic heterocycles. The van der Waals surface area contributed by atoms with Crippen molar-refractivity contribution in [2.75, 3.05) is 18.5 Å². The summed E-state index contributed by atoms with van der Waals surface area (Å²) in [5, 5.41) is 12.4. The number of hydrogen-bond acceptors (Lipinski definition) is 6. The second kappa shape index (κ2) is 7.41. The van der Waals surface area contributed by atoms with E-state index in [1.165, 1.54) is 22.3 Å². The van der Waals surface area contributed by atoms with Crippen molar-refractivity contribution in [1.82, 2.24) is 9.78 Å². The molecule has 8 nitrogen and oxygen atoms in total. The summed E-state index contributed by atoms with van der Waals surface area (Å²) in [6.07, 6.45) is 6.18. The number of nitrogens with zero attached hydrogens (tertiary/aromatic N) is 2. The average molecular weight is 388 g/mol. The highest BCUT2D eigenvalue weighted by atomic mass is 32.2. The SMILES string of the molecule is NC(=O)Nc1c2c(cc3c1CC3)CC2.NCC1COc2c(SN)cnn2C1. The van der Waals surface area contributed by atoms with Gasteiger partial charge in [0.25, 0.3) is 0 Å². The molecule has 0 spiro atoms. The van der Waals surface area contributed by atoms with Crippen LogP contribution in [0.4, 0.5) is 10.5 Å². The Morgan fingerprint density at radius 1 is 1.30 bits per heavy atom. The largest absolute Gasteiger partial charge is 0.477 e. The normalized spacial score (nSPS) is 18.4. The first kappa shape index (κ1) is 18.1. The molecule has 0 radical (unpaired) electrons. The van der Waals surface area contributed by atoms with Crippen LogP contribution in [0.3, 0.4) is 0 Å². The van der Waals surface area contributed by atoms with E-state index >= 15 is 0 Å². The maximum Gasteiger partial charge on any atom is 0.316 e. The highest BCUT2D eigenvalue weighted by Gasteiger charge is 2.27. The number of nitrogens with one attached hydrogen (secondary N) is 1. The summed E-state index contributed by atoms with van der Waals surface area (Å²) in [6.45, 7) is 2.12. The van der Waals surface area contributed by atoms with E-state index in [0.29, 0.717) is 19.1 Å². The third-order valence-electron chi connectivity index (χ3n) is 5.37. The zero-order valence-corrected chi connectivity index (χ0v) is 15.8. The van der Waals surface area contributed by atoms with E-state index in [9.17, 15) is 4.79 Å². The topological polar surface area (TPSA) is 134 Å². The smallest absolute Gasteiger partial charge is 0.316 e. The van der Waals surface area contributed by atoms with Gasteiger partial charge in [-0.15, -0.1) is 0 Å². The molecule has 7 N–H and O–H groups in total. The lowest BCUT2D eigenvalue weighted by Gasteiger charge is -2.31. The third-order valence-corrected chi connectivity index (χ3v) is 5.90. The number of amides is 2. The fraction of sp³-hybridized carbons (Fsp3) is 0.444. The number of ether oxygens (including phenoxy) is 1. The number of carbonyl (C=O) groups excluding carboxylic acids is 1. The van der Waals surface area contributed by atoms with Gasteiger partial charge in [0.2, 0.25) is 5.88 Å². The standard InChI is InChI=1S/C11H12N2O.C7H12N4OS/c12-11(14)13-10-8-3-1-6(8)5-7-2-4-9(7)10;8-1-5-3-11-7(12-4-5)6(13-9)2-10-11/h5H,1-4H2,(H3,12,13,14);2,5H,1,3-4,8-9H2. The lowest BCUT2D eigenvalue weighted by Crippen LogP contribution is -2.31. The van der Waals surface area contributed by atoms with Crippen molar-refractivity contribution < 1.29 is 9.53 Å². The van der Waals surface area contributed by atoms with Crippen LogP contribution in [0.2, 0.25) is 0 Å². The van der Waals surface area contributed by atoms with Crippen molar-refractivity contribution in [2.45, 2.75) is 37.1 Å². The molecular weight excluding hydrogens is 364 g/mol. The van der Waals surface area contributed by atoms with E-state index in [2.05, 4.69) is 16.5 Å². The second-order valence-electron chi connectivity index (χ2n) is 7.04. The van der Waals surface area contributed by atoms with Crippen molar-refractivity contribution in [3.8, 4) is 5.88 Å². The van der Waals surface area contributed by atoms with E-state index in [1.54, 1.807) is 6.20 Å². The number of carbonyl (C=O) groups is 1. The molecule has 1 aromatic heterocycles. The number of hydrogen-bond donors (Lipinski definition) is 4. The zero-order chi connectivity index (χ0) is 19.0. The quantitative estimate of drug-likeness (QED) is 0.584. The molecule has 27 heavy (non-hydrogen) atoms. The van der Waals surface area contributed by atoms with Gasteiger partial charge >= 0.3 is 6.03 Å². The molecule has 2 heterocycles. The average Bonchev–Trinajstić information content (AvgIpc) is 3.01. The zero-order valence-electron chi connectivity index (χ0n) is 15.0. The Hall–Kier alpha value is -2.23. The summed E-state index contributed by atoms with van der Waals surface area (Å²) in [6, 6.07) is 1.84. The van der Waals surface area contributed by atoms with Gasteiger partial charge in [0.1, 0.15) is 4.90 Å². The molecule has 1 aromatic carbocycles. The summed E-state index contributed by atoms with van der Waals surface area (Å²) in [5.74, 6) is 1.14. The van der Waals surface area contributed by atoms with Crippen LogP contribution in [0.15, 0.2) is 17.2 Å².